The van der Waals surface area contributed by atoms with E-state index >= 15 is 0 Å². The molecule has 0 rings (SSSR count). The molecule has 0 fully saturated rings. The second-order valence-corrected chi connectivity index (χ2v) is 9.95. The number of unbranched alkanes of at least 4 members (excludes halogenated alkanes) is 16. The number of ketones is 1. The summed E-state index contributed by atoms with van der Waals surface area (Å²) in [4.78, 5) is 12.1. The van der Waals surface area contributed by atoms with Gasteiger partial charge in [0, 0.05) is 6.42 Å². The van der Waals surface area contributed by atoms with Crippen molar-refractivity contribution in [3.8, 4) is 0 Å². The molecule has 0 aliphatic heterocycles. The van der Waals surface area contributed by atoms with Crippen molar-refractivity contribution in [2.45, 2.75) is 161 Å². The third kappa shape index (κ3) is 22.3. The molecule has 30 heavy (non-hydrogen) atoms. The minimum Gasteiger partial charge on any atom is -0.390 e. The van der Waals surface area contributed by atoms with Gasteiger partial charge < -0.3 is 9.84 Å². The smallest absolute Gasteiger partial charge is 0.161 e. The minimum atomic E-state index is -0.726. The lowest BCUT2D eigenvalue weighted by Crippen LogP contribution is -2.26. The van der Waals surface area contributed by atoms with Crippen LogP contribution in [0, 0.1) is 0 Å². The van der Waals surface area contributed by atoms with Crippen LogP contribution in [0.1, 0.15) is 150 Å². The maximum Gasteiger partial charge on any atom is 0.161 e. The molecular formula is C27H54O3. The topological polar surface area (TPSA) is 46.5 Å². The summed E-state index contributed by atoms with van der Waals surface area (Å²) in [5.74, 6) is 0.201. The van der Waals surface area contributed by atoms with Crippen LogP contribution in [0.5, 0.6) is 0 Å². The molecule has 0 saturated carbocycles. The molecule has 1 unspecified atom stereocenters. The summed E-state index contributed by atoms with van der Waals surface area (Å²) in [5.41, 5.74) is -0.726. The summed E-state index contributed by atoms with van der Waals surface area (Å²) >= 11 is 0. The summed E-state index contributed by atoms with van der Waals surface area (Å²) < 4.78 is 5.55. The molecule has 1 N–H and O–H groups in total. The lowest BCUT2D eigenvalue weighted by molar-refractivity contribution is -0.130. The maximum absolute atomic E-state index is 12.1. The van der Waals surface area contributed by atoms with E-state index in [1.165, 1.54) is 96.3 Å². The molecule has 0 spiro atoms. The number of hydrogen-bond donors (Lipinski definition) is 1. The van der Waals surface area contributed by atoms with E-state index in [2.05, 4.69) is 6.92 Å². The maximum atomic E-state index is 12.1. The Morgan fingerprint density at radius 3 is 1.47 bits per heavy atom. The van der Waals surface area contributed by atoms with Crippen molar-refractivity contribution in [2.75, 3.05) is 6.61 Å². The first kappa shape index (κ1) is 29.6. The monoisotopic (exact) mass is 426 g/mol. The van der Waals surface area contributed by atoms with Gasteiger partial charge in [-0.3, -0.25) is 4.79 Å². The Labute approximate surface area is 188 Å². The Morgan fingerprint density at radius 1 is 0.733 bits per heavy atom. The van der Waals surface area contributed by atoms with Gasteiger partial charge >= 0.3 is 0 Å². The fraction of sp³-hybridized carbons (Fsp3) is 0.963. The van der Waals surface area contributed by atoms with E-state index < -0.39 is 5.60 Å². The van der Waals surface area contributed by atoms with Crippen LogP contribution in [0.4, 0.5) is 0 Å². The van der Waals surface area contributed by atoms with Crippen molar-refractivity contribution in [3.05, 3.63) is 0 Å². The minimum absolute atomic E-state index is 0.201. The Balaban J connectivity index is 3.28. The number of hydrogen-bond acceptors (Lipinski definition) is 3. The van der Waals surface area contributed by atoms with E-state index in [4.69, 9.17) is 4.74 Å². The third-order valence-corrected chi connectivity index (χ3v) is 6.06. The number of carbonyl (C=O) groups is 1. The number of Topliss-reactive ketones (excluding diaryl/α,β-unsaturated/α-hetero) is 1. The van der Waals surface area contributed by atoms with Crippen molar-refractivity contribution in [3.63, 3.8) is 0 Å². The predicted octanol–water partition coefficient (Wildman–Crippen LogP) is 8.16. The summed E-state index contributed by atoms with van der Waals surface area (Å²) in [6.45, 7) is 8.08. The summed E-state index contributed by atoms with van der Waals surface area (Å²) in [7, 11) is 0. The van der Waals surface area contributed by atoms with Gasteiger partial charge in [-0.25, -0.2) is 0 Å². The molecule has 0 heterocycles. The average molecular weight is 427 g/mol. The zero-order chi connectivity index (χ0) is 22.5. The van der Waals surface area contributed by atoms with Gasteiger partial charge in [-0.2, -0.15) is 0 Å². The van der Waals surface area contributed by atoms with Crippen LogP contribution in [-0.4, -0.2) is 29.2 Å². The van der Waals surface area contributed by atoms with Crippen LogP contribution in [0.15, 0.2) is 0 Å². The number of carbonyl (C=O) groups excluding carboxylic acids is 1. The van der Waals surface area contributed by atoms with Crippen LogP contribution in [0.2, 0.25) is 0 Å². The molecule has 0 aromatic heterocycles. The van der Waals surface area contributed by atoms with Gasteiger partial charge in [-0.15, -0.1) is 0 Å². The summed E-state index contributed by atoms with van der Waals surface area (Å²) in [5, 5.41) is 9.67. The zero-order valence-corrected chi connectivity index (χ0v) is 21.0. The Hall–Kier alpha value is -0.410. The highest BCUT2D eigenvalue weighted by Crippen LogP contribution is 2.15. The van der Waals surface area contributed by atoms with Crippen LogP contribution in [0.3, 0.4) is 0 Å². The first-order valence-corrected chi connectivity index (χ1v) is 13.2. The van der Waals surface area contributed by atoms with Crippen LogP contribution in [-0.2, 0) is 9.53 Å². The van der Waals surface area contributed by atoms with Crippen LogP contribution < -0.4 is 0 Å². The predicted molar refractivity (Wildman–Crippen MR) is 130 cm³/mol. The first-order valence-electron chi connectivity index (χ1n) is 13.2. The lowest BCUT2D eigenvalue weighted by atomic mass is 10.0. The second kappa shape index (κ2) is 20.5. The molecule has 0 saturated heterocycles. The van der Waals surface area contributed by atoms with Gasteiger partial charge in [0.2, 0.25) is 0 Å². The average Bonchev–Trinajstić information content (AvgIpc) is 2.69. The van der Waals surface area contributed by atoms with Gasteiger partial charge in [0.25, 0.3) is 0 Å². The van der Waals surface area contributed by atoms with E-state index in [-0.39, 0.29) is 11.9 Å². The molecular weight excluding hydrogens is 372 g/mol. The highest BCUT2D eigenvalue weighted by molar-refractivity contribution is 5.82. The summed E-state index contributed by atoms with van der Waals surface area (Å²) in [6.07, 6.45) is 23.9. The Morgan fingerprint density at radius 2 is 1.10 bits per heavy atom. The Kier molecular flexibility index (Phi) is 20.2. The number of rotatable bonds is 23. The standard InChI is InChI=1S/C27H54O3/c1-5-6-7-8-9-10-11-12-13-14-15-16-17-18-19-20-21-22-26(28)25(2)30-24-23-27(3,4)29/h25,29H,5-24H2,1-4H3. The number of ether oxygens (including phenoxy) is 1. The largest absolute Gasteiger partial charge is 0.390 e. The fourth-order valence-electron chi connectivity index (χ4n) is 3.81. The van der Waals surface area contributed by atoms with Crippen LogP contribution in [0.25, 0.3) is 0 Å². The first-order chi connectivity index (χ1) is 14.4. The van der Waals surface area contributed by atoms with Gasteiger partial charge in [0.05, 0.1) is 12.2 Å². The van der Waals surface area contributed by atoms with Crippen molar-refractivity contribution in [2.24, 2.45) is 0 Å². The quantitative estimate of drug-likeness (QED) is 0.168. The van der Waals surface area contributed by atoms with Crippen molar-refractivity contribution in [1.29, 1.82) is 0 Å². The molecule has 0 radical (unpaired) electrons. The normalized spacial score (nSPS) is 13.0. The third-order valence-electron chi connectivity index (χ3n) is 6.06. The highest BCUT2D eigenvalue weighted by atomic mass is 16.5. The fourth-order valence-corrected chi connectivity index (χ4v) is 3.81. The van der Waals surface area contributed by atoms with E-state index in [1.807, 2.05) is 6.92 Å². The van der Waals surface area contributed by atoms with Gasteiger partial charge in [0.1, 0.15) is 6.10 Å². The van der Waals surface area contributed by atoms with Crippen molar-refractivity contribution in [1.82, 2.24) is 0 Å². The molecule has 0 amide bonds. The van der Waals surface area contributed by atoms with Gasteiger partial charge in [0.15, 0.2) is 5.78 Å². The zero-order valence-electron chi connectivity index (χ0n) is 21.0. The molecule has 0 aliphatic rings. The van der Waals surface area contributed by atoms with E-state index in [0.717, 1.165) is 12.8 Å². The molecule has 0 aromatic rings. The van der Waals surface area contributed by atoms with Crippen LogP contribution >= 0.6 is 0 Å². The molecule has 180 valence electrons. The molecule has 3 heteroatoms. The van der Waals surface area contributed by atoms with Crippen molar-refractivity contribution >= 4 is 5.78 Å². The molecule has 3 nitrogen and oxygen atoms in total. The Bertz CT molecular complexity index is 373. The molecule has 0 bridgehead atoms. The highest BCUT2D eigenvalue weighted by Gasteiger charge is 2.16. The van der Waals surface area contributed by atoms with Gasteiger partial charge in [-0.1, -0.05) is 110 Å². The SMILES string of the molecule is CCCCCCCCCCCCCCCCCCCC(=O)C(C)OCCC(C)(C)O. The summed E-state index contributed by atoms with van der Waals surface area (Å²) in [6, 6.07) is 0. The number of aliphatic hydroxyl groups is 1. The van der Waals surface area contributed by atoms with E-state index in [0.29, 0.717) is 19.4 Å². The molecule has 0 aliphatic carbocycles. The lowest BCUT2D eigenvalue weighted by Gasteiger charge is -2.18. The van der Waals surface area contributed by atoms with Gasteiger partial charge in [-0.05, 0) is 33.6 Å². The van der Waals surface area contributed by atoms with Crippen molar-refractivity contribution < 1.29 is 14.6 Å². The second-order valence-electron chi connectivity index (χ2n) is 9.95. The molecule has 1 atom stereocenters. The van der Waals surface area contributed by atoms with E-state index in [9.17, 15) is 9.90 Å². The molecule has 0 aromatic carbocycles. The van der Waals surface area contributed by atoms with E-state index in [1.54, 1.807) is 13.8 Å².